The number of nitrogens with zero attached hydrogens (tertiary/aromatic N) is 3. The Morgan fingerprint density at radius 2 is 2.38 bits per heavy atom. The van der Waals surface area contributed by atoms with Gasteiger partial charge >= 0.3 is 0 Å². The summed E-state index contributed by atoms with van der Waals surface area (Å²) in [5.41, 5.74) is 0.841. The van der Waals surface area contributed by atoms with Crippen LogP contribution < -0.4 is 0 Å². The maximum Gasteiger partial charge on any atom is 0.216 e. The maximum atomic E-state index is 9.31. The molecule has 1 aromatic carbocycles. The number of rotatable bonds is 2. The third-order valence-corrected chi connectivity index (χ3v) is 2.75. The van der Waals surface area contributed by atoms with Crippen LogP contribution in [0.2, 0.25) is 0 Å². The molecular weight excluding hydrogens is 292 g/mol. The van der Waals surface area contributed by atoms with E-state index < -0.39 is 0 Å². The molecule has 0 saturated heterocycles. The summed E-state index contributed by atoms with van der Waals surface area (Å²) >= 11 is 8.15. The minimum absolute atomic E-state index is 0.192. The van der Waals surface area contributed by atoms with E-state index in [4.69, 9.17) is 12.2 Å². The minimum atomic E-state index is 0.192. The molecule has 0 bridgehead atoms. The Kier molecular flexibility index (Phi) is 3.16. The van der Waals surface area contributed by atoms with Gasteiger partial charge in [-0.3, -0.25) is 5.10 Å². The average Bonchev–Trinajstić information content (AvgIpc) is 2.66. The summed E-state index contributed by atoms with van der Waals surface area (Å²) in [7, 11) is 0. The zero-order chi connectivity index (χ0) is 11.5. The van der Waals surface area contributed by atoms with E-state index in [0.717, 1.165) is 5.56 Å². The van der Waals surface area contributed by atoms with E-state index in [1.165, 1.54) is 11.0 Å². The van der Waals surface area contributed by atoms with Gasteiger partial charge in [0.1, 0.15) is 12.1 Å². The molecule has 0 radical (unpaired) electrons. The first-order chi connectivity index (χ1) is 7.66. The molecule has 0 fully saturated rings. The zero-order valence-corrected chi connectivity index (χ0v) is 10.4. The zero-order valence-electron chi connectivity index (χ0n) is 7.96. The van der Waals surface area contributed by atoms with Gasteiger partial charge in [-0.1, -0.05) is 0 Å². The molecule has 0 atom stereocenters. The summed E-state index contributed by atoms with van der Waals surface area (Å²) in [6, 6.07) is 5.08. The Bertz CT molecular complexity index is 589. The van der Waals surface area contributed by atoms with Crippen molar-refractivity contribution < 1.29 is 5.11 Å². The highest BCUT2D eigenvalue weighted by molar-refractivity contribution is 9.10. The van der Waals surface area contributed by atoms with Crippen LogP contribution in [-0.2, 0) is 0 Å². The molecular formula is C9H7BrN4OS. The molecule has 2 N–H and O–H groups in total. The van der Waals surface area contributed by atoms with Gasteiger partial charge in [-0.2, -0.15) is 14.9 Å². The van der Waals surface area contributed by atoms with Gasteiger partial charge in [0.05, 0.1) is 10.7 Å². The summed E-state index contributed by atoms with van der Waals surface area (Å²) in [6.45, 7) is 0. The van der Waals surface area contributed by atoms with Crippen molar-refractivity contribution in [3.05, 3.63) is 39.3 Å². The number of nitrogens with one attached hydrogen (secondary N) is 1. The molecule has 0 aliphatic heterocycles. The van der Waals surface area contributed by atoms with Crippen molar-refractivity contribution in [2.75, 3.05) is 0 Å². The van der Waals surface area contributed by atoms with Crippen molar-refractivity contribution in [2.24, 2.45) is 5.10 Å². The Labute approximate surface area is 105 Å². The molecule has 0 saturated carbocycles. The highest BCUT2D eigenvalue weighted by Crippen LogP contribution is 2.23. The van der Waals surface area contributed by atoms with Crippen LogP contribution in [0.5, 0.6) is 5.75 Å². The van der Waals surface area contributed by atoms with Gasteiger partial charge in [0.25, 0.3) is 0 Å². The first-order valence-electron chi connectivity index (χ1n) is 4.32. The largest absolute Gasteiger partial charge is 0.507 e. The number of aromatic amines is 1. The van der Waals surface area contributed by atoms with E-state index in [0.29, 0.717) is 9.24 Å². The second-order valence-corrected chi connectivity index (χ2v) is 4.20. The average molecular weight is 299 g/mol. The Balaban J connectivity index is 2.27. The van der Waals surface area contributed by atoms with E-state index in [2.05, 4.69) is 31.2 Å². The quantitative estimate of drug-likeness (QED) is 0.660. The minimum Gasteiger partial charge on any atom is -0.507 e. The number of aromatic hydroxyl groups is 1. The lowest BCUT2D eigenvalue weighted by Gasteiger charge is -1.97. The Morgan fingerprint density at radius 3 is 3.00 bits per heavy atom. The fraction of sp³-hybridized carbons (Fsp3) is 0. The molecule has 2 rings (SSSR count). The number of phenolic OH excluding ortho intramolecular Hbond substituents is 1. The van der Waals surface area contributed by atoms with Crippen molar-refractivity contribution in [3.8, 4) is 5.75 Å². The third kappa shape index (κ3) is 2.37. The van der Waals surface area contributed by atoms with Crippen LogP contribution in [0.3, 0.4) is 0 Å². The van der Waals surface area contributed by atoms with Gasteiger partial charge in [-0.25, -0.2) is 0 Å². The number of benzene rings is 1. The van der Waals surface area contributed by atoms with Crippen molar-refractivity contribution >= 4 is 34.4 Å². The number of phenols is 1. The fourth-order valence-electron chi connectivity index (χ4n) is 1.06. The van der Waals surface area contributed by atoms with Crippen LogP contribution >= 0.6 is 28.1 Å². The Morgan fingerprint density at radius 1 is 1.56 bits per heavy atom. The summed E-state index contributed by atoms with van der Waals surface area (Å²) in [6.07, 6.45) is 3.10. The van der Waals surface area contributed by atoms with Crippen molar-refractivity contribution in [2.45, 2.75) is 0 Å². The lowest BCUT2D eigenvalue weighted by molar-refractivity contribution is 0.472. The summed E-state index contributed by atoms with van der Waals surface area (Å²) in [5.74, 6) is 0.192. The number of aromatic nitrogens is 3. The van der Waals surface area contributed by atoms with Gasteiger partial charge in [-0.15, -0.1) is 0 Å². The standard InChI is InChI=1S/C9H7BrN4OS/c10-7-3-6(1-2-8(7)15)4-12-14-5-11-13-9(14)16/h1-5,15H,(H,13,16)/b12-4-. The fourth-order valence-corrected chi connectivity index (χ4v) is 1.60. The predicted molar refractivity (Wildman–Crippen MR) is 66.2 cm³/mol. The molecule has 82 valence electrons. The monoisotopic (exact) mass is 298 g/mol. The first kappa shape index (κ1) is 11.0. The number of hydrogen-bond acceptors (Lipinski definition) is 4. The second kappa shape index (κ2) is 4.58. The van der Waals surface area contributed by atoms with Crippen molar-refractivity contribution in [1.29, 1.82) is 0 Å². The van der Waals surface area contributed by atoms with Crippen LogP contribution in [-0.4, -0.2) is 26.2 Å². The molecule has 1 heterocycles. The van der Waals surface area contributed by atoms with Crippen LogP contribution in [0.15, 0.2) is 34.1 Å². The maximum absolute atomic E-state index is 9.31. The Hall–Kier alpha value is -1.47. The van der Waals surface area contributed by atoms with Crippen LogP contribution in [0.25, 0.3) is 0 Å². The van der Waals surface area contributed by atoms with Crippen LogP contribution in [0.1, 0.15) is 5.56 Å². The second-order valence-electron chi connectivity index (χ2n) is 2.96. The number of halogens is 1. The van der Waals surface area contributed by atoms with Crippen LogP contribution in [0.4, 0.5) is 0 Å². The smallest absolute Gasteiger partial charge is 0.216 e. The number of H-pyrrole nitrogens is 1. The van der Waals surface area contributed by atoms with Gasteiger partial charge in [-0.05, 0) is 51.9 Å². The summed E-state index contributed by atoms with van der Waals surface area (Å²) < 4.78 is 2.48. The lowest BCUT2D eigenvalue weighted by Crippen LogP contribution is -1.89. The van der Waals surface area contributed by atoms with Gasteiger partial charge < -0.3 is 5.11 Å². The predicted octanol–water partition coefficient (Wildman–Crippen LogP) is 2.29. The normalized spacial score (nSPS) is 11.1. The van der Waals surface area contributed by atoms with E-state index in [9.17, 15) is 5.11 Å². The van der Waals surface area contributed by atoms with Crippen LogP contribution in [0, 0.1) is 4.77 Å². The number of hydrogen-bond donors (Lipinski definition) is 2. The van der Waals surface area contributed by atoms with E-state index in [1.54, 1.807) is 24.4 Å². The molecule has 2 aromatic rings. The highest BCUT2D eigenvalue weighted by Gasteiger charge is 1.97. The van der Waals surface area contributed by atoms with Gasteiger partial charge in [0.2, 0.25) is 4.77 Å². The summed E-state index contributed by atoms with van der Waals surface area (Å²) in [5, 5.41) is 19.7. The van der Waals surface area contributed by atoms with Crippen molar-refractivity contribution in [1.82, 2.24) is 14.9 Å². The van der Waals surface area contributed by atoms with E-state index >= 15 is 0 Å². The highest BCUT2D eigenvalue weighted by atomic mass is 79.9. The molecule has 5 nitrogen and oxygen atoms in total. The molecule has 1 aromatic heterocycles. The molecule has 0 spiro atoms. The SMILES string of the molecule is Oc1ccc(/C=N\n2cn[nH]c2=S)cc1Br. The third-order valence-electron chi connectivity index (χ3n) is 1.84. The van der Waals surface area contributed by atoms with Crippen molar-refractivity contribution in [3.63, 3.8) is 0 Å². The van der Waals surface area contributed by atoms with Gasteiger partial charge in [0.15, 0.2) is 0 Å². The lowest BCUT2D eigenvalue weighted by atomic mass is 10.2. The molecule has 0 aliphatic rings. The molecule has 7 heteroatoms. The summed E-state index contributed by atoms with van der Waals surface area (Å²) in [4.78, 5) is 0. The first-order valence-corrected chi connectivity index (χ1v) is 5.52. The molecule has 0 amide bonds. The van der Waals surface area contributed by atoms with Gasteiger partial charge in [0, 0.05) is 0 Å². The van der Waals surface area contributed by atoms with E-state index in [-0.39, 0.29) is 5.75 Å². The topological polar surface area (TPSA) is 66.2 Å². The van der Waals surface area contributed by atoms with E-state index in [1.807, 2.05) is 0 Å². The molecule has 0 unspecified atom stereocenters. The molecule has 0 aliphatic carbocycles. The molecule has 16 heavy (non-hydrogen) atoms.